The fourth-order valence-corrected chi connectivity index (χ4v) is 148. The Kier molecular flexibility index (Phi) is 5.78. The fourth-order valence-electron chi connectivity index (χ4n) is 9.33. The number of alkyl halides is 1. The summed E-state index contributed by atoms with van der Waals surface area (Å²) >= 11 is 0. The molecule has 3 aliphatic rings. The third kappa shape index (κ3) is 2.18. The van der Waals surface area contributed by atoms with Crippen LogP contribution in [-0.4, -0.2) is 50.1 Å². The lowest BCUT2D eigenvalue weighted by molar-refractivity contribution is 0.453. The van der Waals surface area contributed by atoms with Crippen LogP contribution in [0.2, 0.25) is 82.8 Å². The summed E-state index contributed by atoms with van der Waals surface area (Å²) in [7, 11) is -10.9. The SMILES string of the molecule is CCCCCCC12[Si](C)(C)[Si](C)(C)C(F)([Si](C)(C)[Si]1(C)C)[Si](C)(C)[Si]2(C)C. The van der Waals surface area contributed by atoms with E-state index in [1.54, 1.807) is 0 Å². The molecule has 0 nitrogen and oxygen atoms in total. The molecule has 0 aliphatic carbocycles. The lowest BCUT2D eigenvalue weighted by Gasteiger charge is -2.86. The predicted molar refractivity (Wildman–Crippen MR) is 140 cm³/mol. The van der Waals surface area contributed by atoms with E-state index in [4.69, 9.17) is 0 Å². The van der Waals surface area contributed by atoms with Crippen molar-refractivity contribution in [3.8, 4) is 0 Å². The first-order valence-electron chi connectivity index (χ1n) is 11.5. The Morgan fingerprint density at radius 3 is 1.15 bits per heavy atom. The van der Waals surface area contributed by atoms with E-state index in [0.717, 1.165) is 0 Å². The quantitative estimate of drug-likeness (QED) is 0.283. The Morgan fingerprint density at radius 2 is 0.852 bits per heavy atom. The second-order valence-electron chi connectivity index (χ2n) is 13.1. The Morgan fingerprint density at radius 1 is 0.519 bits per heavy atom. The summed E-state index contributed by atoms with van der Waals surface area (Å²) in [6.07, 6.45) is 7.03. The molecule has 0 unspecified atom stereocenters. The van der Waals surface area contributed by atoms with Gasteiger partial charge in [0.25, 0.3) is 0 Å². The minimum absolute atomic E-state index is 0.653. The van der Waals surface area contributed by atoms with Crippen molar-refractivity contribution < 1.29 is 4.39 Å². The van der Waals surface area contributed by atoms with Crippen LogP contribution in [-0.2, 0) is 0 Å². The molecule has 0 aromatic carbocycles. The van der Waals surface area contributed by atoms with Gasteiger partial charge in [0.05, 0.1) is 27.3 Å². The zero-order valence-corrected chi connectivity index (χ0v) is 26.9. The molecule has 3 saturated heterocycles. The summed E-state index contributed by atoms with van der Waals surface area (Å²) in [5.74, 6) is 0. The van der Waals surface area contributed by atoms with E-state index < -0.39 is 50.1 Å². The van der Waals surface area contributed by atoms with Gasteiger partial charge in [-0.1, -0.05) is 118 Å². The Bertz CT molecular complexity index is 534. The monoisotopic (exact) mass is 476 g/mol. The van der Waals surface area contributed by atoms with Crippen LogP contribution in [0.3, 0.4) is 0 Å². The van der Waals surface area contributed by atoms with Crippen molar-refractivity contribution in [2.24, 2.45) is 0 Å². The van der Waals surface area contributed by atoms with Crippen LogP contribution in [0.15, 0.2) is 0 Å². The van der Waals surface area contributed by atoms with Gasteiger partial charge in [0.1, 0.15) is 0 Å². The van der Waals surface area contributed by atoms with Gasteiger partial charge in [0, 0.05) is 22.8 Å². The number of hydrogen-bond acceptors (Lipinski definition) is 0. The van der Waals surface area contributed by atoms with E-state index in [1.165, 1.54) is 32.1 Å². The van der Waals surface area contributed by atoms with E-state index in [1.807, 2.05) is 0 Å². The van der Waals surface area contributed by atoms with Crippen molar-refractivity contribution in [3.63, 3.8) is 0 Å². The zero-order chi connectivity index (χ0) is 21.5. The maximum atomic E-state index is 18.1. The number of fused-ring (bicyclic) bond motifs is 3. The molecule has 0 aromatic heterocycles. The van der Waals surface area contributed by atoms with Gasteiger partial charge in [0.2, 0.25) is 0 Å². The Labute approximate surface area is 175 Å². The van der Waals surface area contributed by atoms with E-state index >= 15 is 4.39 Å². The van der Waals surface area contributed by atoms with E-state index in [-0.39, 0.29) is 0 Å². The summed E-state index contributed by atoms with van der Waals surface area (Å²) < 4.78 is 18.1. The summed E-state index contributed by atoms with van der Waals surface area (Å²) in [6.45, 7) is 33.9. The summed E-state index contributed by atoms with van der Waals surface area (Å²) in [6, 6.07) is 0. The topological polar surface area (TPSA) is 0 Å². The highest BCUT2D eigenvalue weighted by molar-refractivity contribution is 7.77. The molecule has 3 aliphatic heterocycles. The third-order valence-electron chi connectivity index (χ3n) is 11.9. The molecule has 160 valence electrons. The van der Waals surface area contributed by atoms with Crippen molar-refractivity contribution in [2.75, 3.05) is 0 Å². The van der Waals surface area contributed by atoms with Gasteiger partial charge in [-0.2, -0.15) is 0 Å². The normalized spacial score (nSPS) is 39.3. The Hall–Kier alpha value is 1.23. The van der Waals surface area contributed by atoms with E-state index in [9.17, 15) is 0 Å². The van der Waals surface area contributed by atoms with Crippen LogP contribution < -0.4 is 0 Å². The summed E-state index contributed by atoms with van der Waals surface area (Å²) in [5.41, 5.74) is 0. The van der Waals surface area contributed by atoms with Crippen molar-refractivity contribution in [1.82, 2.24) is 0 Å². The Balaban J connectivity index is 2.90. The van der Waals surface area contributed by atoms with E-state index in [0.29, 0.717) is 4.28 Å². The molecule has 3 heterocycles. The minimum atomic E-state index is -1.95. The first-order valence-corrected chi connectivity index (χ1v) is 32.5. The van der Waals surface area contributed by atoms with Gasteiger partial charge in [0.15, 0.2) is 0 Å². The third-order valence-corrected chi connectivity index (χ3v) is 100. The van der Waals surface area contributed by atoms with Gasteiger partial charge in [-0.25, -0.2) is 0 Å². The smallest absolute Gasteiger partial charge is 0.0770 e. The predicted octanol–water partition coefficient (Wildman–Crippen LogP) is 7.61. The molecule has 0 atom stereocenters. The average Bonchev–Trinajstić information content (AvgIpc) is 2.50. The molecule has 0 saturated carbocycles. The highest BCUT2D eigenvalue weighted by Crippen LogP contribution is 2.76. The molecule has 0 spiro atoms. The van der Waals surface area contributed by atoms with Gasteiger partial charge >= 0.3 is 0 Å². The van der Waals surface area contributed by atoms with Crippen LogP contribution in [0.25, 0.3) is 0 Å². The largest absolute Gasteiger partial charge is 0.256 e. The first-order chi connectivity index (χ1) is 11.8. The molecular weight excluding hydrogens is 428 g/mol. The molecular formula is C20H49FSi6. The highest BCUT2D eigenvalue weighted by atomic mass is 29.4. The lowest BCUT2D eigenvalue weighted by atomic mass is 10.2. The van der Waals surface area contributed by atoms with Crippen LogP contribution >= 0.6 is 0 Å². The standard InChI is InChI=1S/C20H49FSi6/c1-14-15-16-17-18-19-22(2,3)25(8,9)20(21,26(10,11)23(19,4)5)27(12,13)24(19,6)7/h14-18H2,1-13H3. The molecule has 3 fully saturated rings. The molecule has 3 rings (SSSR count). The van der Waals surface area contributed by atoms with Crippen LogP contribution in [0.5, 0.6) is 0 Å². The number of hydrogen-bond donors (Lipinski definition) is 0. The minimum Gasteiger partial charge on any atom is -0.256 e. The second kappa shape index (κ2) is 6.37. The van der Waals surface area contributed by atoms with Crippen molar-refractivity contribution in [2.45, 2.75) is 126 Å². The van der Waals surface area contributed by atoms with Crippen LogP contribution in [0, 0.1) is 0 Å². The molecule has 0 amide bonds. The van der Waals surface area contributed by atoms with Crippen molar-refractivity contribution >= 4 is 45.5 Å². The van der Waals surface area contributed by atoms with Crippen LogP contribution in [0.4, 0.5) is 4.39 Å². The van der Waals surface area contributed by atoms with Gasteiger partial charge in [-0.05, 0) is 4.28 Å². The molecule has 0 radical (unpaired) electrons. The molecule has 2 bridgehead atoms. The maximum Gasteiger partial charge on any atom is 0.0770 e. The van der Waals surface area contributed by atoms with Crippen molar-refractivity contribution in [1.29, 1.82) is 0 Å². The summed E-state index contributed by atoms with van der Waals surface area (Å²) in [4.78, 5) is 0. The molecule has 0 N–H and O–H groups in total. The zero-order valence-electron chi connectivity index (χ0n) is 20.9. The van der Waals surface area contributed by atoms with E-state index in [2.05, 4.69) is 85.5 Å². The van der Waals surface area contributed by atoms with Crippen molar-refractivity contribution in [3.05, 3.63) is 0 Å². The highest BCUT2D eigenvalue weighted by Gasteiger charge is 2.92. The molecule has 0 aromatic rings. The van der Waals surface area contributed by atoms with Gasteiger partial charge in [-0.15, -0.1) is 0 Å². The number of halogens is 1. The second-order valence-corrected chi connectivity index (χ2v) is 62.8. The first kappa shape index (κ1) is 24.5. The van der Waals surface area contributed by atoms with Crippen LogP contribution in [0.1, 0.15) is 39.0 Å². The average molecular weight is 477 g/mol. The lowest BCUT2D eigenvalue weighted by Crippen LogP contribution is -3.08. The summed E-state index contributed by atoms with van der Waals surface area (Å²) in [5, 5.41) is 0. The van der Waals surface area contributed by atoms with Gasteiger partial charge < -0.3 is 0 Å². The number of rotatable bonds is 5. The molecule has 7 heteroatoms. The maximum absolute atomic E-state index is 18.1. The van der Waals surface area contributed by atoms with Gasteiger partial charge in [-0.3, -0.25) is 4.39 Å². The fraction of sp³-hybridized carbons (Fsp3) is 1.00. The number of unbranched alkanes of at least 4 members (excludes halogenated alkanes) is 3. The molecule has 27 heavy (non-hydrogen) atoms.